The summed E-state index contributed by atoms with van der Waals surface area (Å²) in [5, 5.41) is 0. The zero-order chi connectivity index (χ0) is 5.11. The third kappa shape index (κ3) is 1.64. The molecule has 1 rings (SSSR count). The predicted octanol–water partition coefficient (Wildman–Crippen LogP) is 0.836. The molecule has 0 aromatic rings. The molecule has 0 atom stereocenters. The molecule has 8 heavy (non-hydrogen) atoms. The van der Waals surface area contributed by atoms with E-state index in [2.05, 4.69) is 0 Å². The molecule has 1 nitrogen and oxygen atoms in total. The zero-order valence-corrected chi connectivity index (χ0v) is 5.25. The summed E-state index contributed by atoms with van der Waals surface area (Å²) in [5.41, 5.74) is 0. The van der Waals surface area contributed by atoms with Crippen molar-refractivity contribution in [3.05, 3.63) is 24.3 Å². The molecule has 0 unspecified atom stereocenters. The van der Waals surface area contributed by atoms with Crippen LogP contribution in [0.4, 0.5) is 0 Å². The summed E-state index contributed by atoms with van der Waals surface area (Å²) in [6.07, 6.45) is 9.12. The summed E-state index contributed by atoms with van der Waals surface area (Å²) in [7, 11) is 0. The normalized spacial score (nSPS) is 16.0. The minimum atomic E-state index is -0.0694. The van der Waals surface area contributed by atoms with Gasteiger partial charge in [-0.15, -0.1) is 18.1 Å². The second-order valence-electron chi connectivity index (χ2n) is 1.41. The van der Waals surface area contributed by atoms with Crippen molar-refractivity contribution < 1.29 is 21.9 Å². The Bertz CT molecular complexity index is 114. The molecule has 0 saturated carbocycles. The number of hydrogen-bond acceptors (Lipinski definition) is 1. The molecule has 0 heterocycles. The predicted molar refractivity (Wildman–Crippen MR) is 27.5 cm³/mol. The van der Waals surface area contributed by atoms with E-state index in [-0.39, 0.29) is 23.0 Å². The Kier molecular flexibility index (Phi) is 3.49. The molecule has 0 aromatic carbocycles. The van der Waals surface area contributed by atoms with Crippen molar-refractivity contribution in [3.63, 3.8) is 0 Å². The first-order chi connectivity index (χ1) is 3.43. The van der Waals surface area contributed by atoms with Crippen molar-refractivity contribution in [3.8, 4) is 0 Å². The summed E-state index contributed by atoms with van der Waals surface area (Å²) in [6.45, 7) is 0. The molecule has 1 aliphatic rings. The van der Waals surface area contributed by atoms with E-state index < -0.39 is 0 Å². The minimum Gasteiger partial charge on any atom is -0.541 e. The van der Waals surface area contributed by atoms with Crippen molar-refractivity contribution in [1.82, 2.24) is 0 Å². The Balaban J connectivity index is 0.000000490. The van der Waals surface area contributed by atoms with Gasteiger partial charge in [-0.25, -0.2) is 0 Å². The largest absolute Gasteiger partial charge is 0.541 e. The van der Waals surface area contributed by atoms with E-state index in [0.717, 1.165) is 0 Å². The molecule has 0 saturated heterocycles. The molecule has 0 spiro atoms. The van der Waals surface area contributed by atoms with E-state index in [1.54, 1.807) is 12.2 Å². The number of rotatable bonds is 1. The summed E-state index contributed by atoms with van der Waals surface area (Å²) < 4.78 is 0. The summed E-state index contributed by atoms with van der Waals surface area (Å²) in [6, 6.07) is 0. The fourth-order valence-corrected chi connectivity index (χ4v) is 0.510. The second kappa shape index (κ2) is 3.64. The van der Waals surface area contributed by atoms with Crippen molar-refractivity contribution in [1.29, 1.82) is 0 Å². The quantitative estimate of drug-likeness (QED) is 0.398. The van der Waals surface area contributed by atoms with Gasteiger partial charge in [0.25, 0.3) is 0 Å². The molecular formula is C6H5FeO-. The van der Waals surface area contributed by atoms with Gasteiger partial charge in [-0.2, -0.15) is 0 Å². The van der Waals surface area contributed by atoms with Gasteiger partial charge in [-0.1, -0.05) is 12.2 Å². The first kappa shape index (κ1) is 7.67. The standard InChI is InChI=1S/C6H5O.Fe/c7-5-6-3-1-2-4-6;/h1-4,6H;/q-1;. The molecular weight excluding hydrogens is 144 g/mol. The van der Waals surface area contributed by atoms with E-state index >= 15 is 0 Å². The summed E-state index contributed by atoms with van der Waals surface area (Å²) in [4.78, 5) is 9.78. The molecule has 0 aromatic heterocycles. The van der Waals surface area contributed by atoms with Crippen LogP contribution in [0.15, 0.2) is 24.3 Å². The van der Waals surface area contributed by atoms with Crippen LogP contribution in [0.1, 0.15) is 0 Å². The van der Waals surface area contributed by atoms with Gasteiger partial charge in [0.05, 0.1) is 0 Å². The molecule has 0 radical (unpaired) electrons. The number of allylic oxidation sites excluding steroid dienone is 4. The van der Waals surface area contributed by atoms with Gasteiger partial charge < -0.3 is 4.79 Å². The maximum Gasteiger partial charge on any atom is 0 e. The Hall–Kier alpha value is -0.331. The number of carbonyl (C=O) groups excluding carboxylic acids is 1. The second-order valence-corrected chi connectivity index (χ2v) is 1.41. The van der Waals surface area contributed by atoms with Crippen LogP contribution in [0, 0.1) is 5.92 Å². The average molecular weight is 149 g/mol. The van der Waals surface area contributed by atoms with Gasteiger partial charge in [-0.05, 0) is 0 Å². The van der Waals surface area contributed by atoms with E-state index in [4.69, 9.17) is 0 Å². The molecule has 0 N–H and O–H groups in total. The number of hydrogen-bond donors (Lipinski definition) is 0. The van der Waals surface area contributed by atoms with E-state index in [1.807, 2.05) is 18.4 Å². The van der Waals surface area contributed by atoms with E-state index in [1.165, 1.54) is 0 Å². The van der Waals surface area contributed by atoms with Crippen molar-refractivity contribution in [2.45, 2.75) is 0 Å². The Morgan fingerprint density at radius 1 is 1.25 bits per heavy atom. The van der Waals surface area contributed by atoms with E-state index in [0.29, 0.717) is 0 Å². The molecule has 44 valence electrons. The molecule has 2 heteroatoms. The van der Waals surface area contributed by atoms with Crippen molar-refractivity contribution in [2.75, 3.05) is 0 Å². The van der Waals surface area contributed by atoms with Gasteiger partial charge in [0.15, 0.2) is 0 Å². The first-order valence-electron chi connectivity index (χ1n) is 2.16. The van der Waals surface area contributed by atoms with Gasteiger partial charge in [0.1, 0.15) is 0 Å². The van der Waals surface area contributed by atoms with Gasteiger partial charge >= 0.3 is 0 Å². The van der Waals surface area contributed by atoms with Crippen molar-refractivity contribution in [2.24, 2.45) is 5.92 Å². The smallest absolute Gasteiger partial charge is 0 e. The molecule has 0 amide bonds. The maximum absolute atomic E-state index is 9.78. The molecule has 0 aliphatic heterocycles. The molecule has 0 fully saturated rings. The van der Waals surface area contributed by atoms with Gasteiger partial charge in [0, 0.05) is 17.1 Å². The fourth-order valence-electron chi connectivity index (χ4n) is 0.510. The van der Waals surface area contributed by atoms with Gasteiger partial charge in [-0.3, -0.25) is 6.29 Å². The van der Waals surface area contributed by atoms with Crippen LogP contribution < -0.4 is 0 Å². The third-order valence-corrected chi connectivity index (χ3v) is 0.884. The van der Waals surface area contributed by atoms with Crippen LogP contribution in [-0.2, 0) is 21.9 Å². The Labute approximate surface area is 58.9 Å². The zero-order valence-electron chi connectivity index (χ0n) is 4.15. The molecule has 1 aliphatic carbocycles. The van der Waals surface area contributed by atoms with Crippen molar-refractivity contribution >= 4 is 6.29 Å². The van der Waals surface area contributed by atoms with Crippen LogP contribution in [0.25, 0.3) is 0 Å². The minimum absolute atomic E-state index is 0. The van der Waals surface area contributed by atoms with Crippen LogP contribution in [0.2, 0.25) is 0 Å². The third-order valence-electron chi connectivity index (χ3n) is 0.884. The van der Waals surface area contributed by atoms with Crippen LogP contribution in [-0.4, -0.2) is 6.29 Å². The topological polar surface area (TPSA) is 17.1 Å². The summed E-state index contributed by atoms with van der Waals surface area (Å²) in [5.74, 6) is -0.0694. The van der Waals surface area contributed by atoms with Crippen LogP contribution in [0.5, 0.6) is 0 Å². The SMILES string of the molecule is O=[C-]C1C=CC=C1.[Fe]. The average Bonchev–Trinajstić information content (AvgIpc) is 2.14. The Morgan fingerprint density at radius 3 is 2.00 bits per heavy atom. The van der Waals surface area contributed by atoms with E-state index in [9.17, 15) is 4.79 Å². The monoisotopic (exact) mass is 149 g/mol. The van der Waals surface area contributed by atoms with Crippen LogP contribution >= 0.6 is 0 Å². The fraction of sp³-hybridized carbons (Fsp3) is 0.167. The maximum atomic E-state index is 9.78. The van der Waals surface area contributed by atoms with Crippen LogP contribution in [0.3, 0.4) is 0 Å². The first-order valence-corrected chi connectivity index (χ1v) is 2.16. The van der Waals surface area contributed by atoms with Gasteiger partial charge in [0.2, 0.25) is 0 Å². The summed E-state index contributed by atoms with van der Waals surface area (Å²) >= 11 is 0. The molecule has 0 bridgehead atoms. The Morgan fingerprint density at radius 2 is 1.75 bits per heavy atom.